The van der Waals surface area contributed by atoms with E-state index < -0.39 is 0 Å². The Morgan fingerprint density at radius 2 is 2.13 bits per heavy atom. The molecule has 84 valence electrons. The van der Waals surface area contributed by atoms with Gasteiger partial charge in [-0.15, -0.1) is 0 Å². The summed E-state index contributed by atoms with van der Waals surface area (Å²) in [6.07, 6.45) is 2.84. The summed E-state index contributed by atoms with van der Waals surface area (Å²) in [6, 6.07) is 1.85. The number of pyridine rings is 1. The monoisotopic (exact) mass is 272 g/mol. The van der Waals surface area contributed by atoms with Crippen molar-refractivity contribution in [2.45, 2.75) is 19.9 Å². The maximum atomic E-state index is 11.7. The third-order valence-electron chi connectivity index (χ3n) is 2.24. The zero-order chi connectivity index (χ0) is 11.4. The lowest BCUT2D eigenvalue weighted by molar-refractivity contribution is 0.384. The van der Waals surface area contributed by atoms with Crippen LogP contribution in [0.25, 0.3) is 0 Å². The van der Waals surface area contributed by atoms with Crippen LogP contribution in [-0.2, 0) is 6.54 Å². The summed E-state index contributed by atoms with van der Waals surface area (Å²) in [7, 11) is 4.07. The van der Waals surface area contributed by atoms with Gasteiger partial charge in [-0.1, -0.05) is 0 Å². The predicted octanol–water partition coefficient (Wildman–Crippen LogP) is 1.87. The third kappa shape index (κ3) is 3.80. The third-order valence-corrected chi connectivity index (χ3v) is 2.67. The lowest BCUT2D eigenvalue weighted by atomic mass is 10.3. The number of nitrogens with zero attached hydrogens (tertiary/aromatic N) is 2. The van der Waals surface area contributed by atoms with Gasteiger partial charge in [0.2, 0.25) is 0 Å². The molecular formula is C11H17BrN2O. The van der Waals surface area contributed by atoms with E-state index >= 15 is 0 Å². The van der Waals surface area contributed by atoms with Crippen LogP contribution in [0.5, 0.6) is 0 Å². The largest absolute Gasteiger partial charge is 0.314 e. The fourth-order valence-corrected chi connectivity index (χ4v) is 2.05. The number of halogens is 1. The van der Waals surface area contributed by atoms with E-state index in [1.807, 2.05) is 33.3 Å². The van der Waals surface area contributed by atoms with Gasteiger partial charge in [-0.05, 0) is 56.0 Å². The molecule has 0 atom stereocenters. The number of rotatable bonds is 4. The maximum absolute atomic E-state index is 11.7. The summed E-state index contributed by atoms with van der Waals surface area (Å²) >= 11 is 3.40. The second-order valence-electron chi connectivity index (χ2n) is 4.00. The van der Waals surface area contributed by atoms with Gasteiger partial charge in [-0.2, -0.15) is 0 Å². The summed E-state index contributed by atoms with van der Waals surface area (Å²) in [5.74, 6) is 0. The number of hydrogen-bond donors (Lipinski definition) is 0. The quantitative estimate of drug-likeness (QED) is 0.836. The van der Waals surface area contributed by atoms with Crippen LogP contribution < -0.4 is 5.56 Å². The summed E-state index contributed by atoms with van der Waals surface area (Å²) < 4.78 is 2.73. The van der Waals surface area contributed by atoms with E-state index in [9.17, 15) is 4.79 Å². The van der Waals surface area contributed by atoms with Gasteiger partial charge < -0.3 is 9.47 Å². The molecule has 0 saturated carbocycles. The van der Waals surface area contributed by atoms with Gasteiger partial charge >= 0.3 is 0 Å². The molecule has 0 aliphatic heterocycles. The van der Waals surface area contributed by atoms with E-state index in [2.05, 4.69) is 20.8 Å². The molecule has 0 aliphatic carbocycles. The zero-order valence-electron chi connectivity index (χ0n) is 9.46. The Morgan fingerprint density at radius 3 is 2.73 bits per heavy atom. The first kappa shape index (κ1) is 12.5. The standard InChI is InChI=1S/C11H17BrN2O/c1-9-7-10(12)8-14(11(9)15)6-4-5-13(2)3/h7-8H,4-6H2,1-3H3. The van der Waals surface area contributed by atoms with Crippen LogP contribution in [0.4, 0.5) is 0 Å². The van der Waals surface area contributed by atoms with Crippen molar-refractivity contribution in [3.63, 3.8) is 0 Å². The van der Waals surface area contributed by atoms with Crippen LogP contribution in [0.15, 0.2) is 21.5 Å². The minimum Gasteiger partial charge on any atom is -0.314 e. The Labute approximate surface area is 98.8 Å². The van der Waals surface area contributed by atoms with E-state index in [1.54, 1.807) is 4.57 Å². The Bertz CT molecular complexity index is 385. The molecule has 0 radical (unpaired) electrons. The molecule has 0 aromatic carbocycles. The van der Waals surface area contributed by atoms with Gasteiger partial charge in [0.1, 0.15) is 0 Å². The average Bonchev–Trinajstić information content (AvgIpc) is 2.12. The molecule has 15 heavy (non-hydrogen) atoms. The van der Waals surface area contributed by atoms with Crippen LogP contribution in [0.2, 0.25) is 0 Å². The van der Waals surface area contributed by atoms with E-state index in [0.717, 1.165) is 29.5 Å². The smallest absolute Gasteiger partial charge is 0.253 e. The van der Waals surface area contributed by atoms with Crippen molar-refractivity contribution in [3.8, 4) is 0 Å². The lowest BCUT2D eigenvalue weighted by Gasteiger charge is -2.11. The Balaban J connectivity index is 2.73. The van der Waals surface area contributed by atoms with Gasteiger partial charge in [0.05, 0.1) is 0 Å². The second kappa shape index (κ2) is 5.47. The molecular weight excluding hydrogens is 256 g/mol. The molecule has 0 unspecified atom stereocenters. The molecule has 0 spiro atoms. The van der Waals surface area contributed by atoms with Crippen LogP contribution in [0.3, 0.4) is 0 Å². The Hall–Kier alpha value is -0.610. The lowest BCUT2D eigenvalue weighted by Crippen LogP contribution is -2.24. The van der Waals surface area contributed by atoms with Crippen molar-refractivity contribution < 1.29 is 0 Å². The van der Waals surface area contributed by atoms with E-state index in [1.165, 1.54) is 0 Å². The van der Waals surface area contributed by atoms with Crippen LogP contribution in [-0.4, -0.2) is 30.1 Å². The van der Waals surface area contributed by atoms with Crippen LogP contribution >= 0.6 is 15.9 Å². The van der Waals surface area contributed by atoms with Gasteiger partial charge in [-0.3, -0.25) is 4.79 Å². The fraction of sp³-hybridized carbons (Fsp3) is 0.545. The number of hydrogen-bond acceptors (Lipinski definition) is 2. The summed E-state index contributed by atoms with van der Waals surface area (Å²) in [6.45, 7) is 3.62. The van der Waals surface area contributed by atoms with E-state index in [0.29, 0.717) is 0 Å². The molecule has 4 heteroatoms. The molecule has 0 saturated heterocycles. The molecule has 1 aromatic heterocycles. The van der Waals surface area contributed by atoms with Crippen molar-refractivity contribution in [2.24, 2.45) is 0 Å². The molecule has 1 rings (SSSR count). The first-order chi connectivity index (χ1) is 7.00. The topological polar surface area (TPSA) is 25.2 Å². The average molecular weight is 273 g/mol. The SMILES string of the molecule is Cc1cc(Br)cn(CCCN(C)C)c1=O. The predicted molar refractivity (Wildman–Crippen MR) is 66.3 cm³/mol. The normalized spacial score (nSPS) is 11.0. The van der Waals surface area contributed by atoms with Crippen molar-refractivity contribution in [3.05, 3.63) is 32.7 Å². The van der Waals surface area contributed by atoms with Crippen molar-refractivity contribution in [1.29, 1.82) is 0 Å². The van der Waals surface area contributed by atoms with Crippen molar-refractivity contribution in [1.82, 2.24) is 9.47 Å². The van der Waals surface area contributed by atoms with Gasteiger partial charge in [-0.25, -0.2) is 0 Å². The zero-order valence-corrected chi connectivity index (χ0v) is 11.0. The minimum atomic E-state index is 0.108. The van der Waals surface area contributed by atoms with E-state index in [4.69, 9.17) is 0 Å². The Kier molecular flexibility index (Phi) is 4.54. The first-order valence-corrected chi connectivity index (χ1v) is 5.81. The molecule has 1 heterocycles. The highest BCUT2D eigenvalue weighted by Gasteiger charge is 2.01. The second-order valence-corrected chi connectivity index (χ2v) is 4.91. The van der Waals surface area contributed by atoms with Gasteiger partial charge in [0.15, 0.2) is 0 Å². The van der Waals surface area contributed by atoms with Crippen LogP contribution in [0, 0.1) is 6.92 Å². The highest BCUT2D eigenvalue weighted by atomic mass is 79.9. The van der Waals surface area contributed by atoms with Gasteiger partial charge in [0.25, 0.3) is 5.56 Å². The highest BCUT2D eigenvalue weighted by Crippen LogP contribution is 2.08. The first-order valence-electron chi connectivity index (χ1n) is 5.02. The molecule has 0 bridgehead atoms. The molecule has 0 amide bonds. The Morgan fingerprint density at radius 1 is 1.47 bits per heavy atom. The van der Waals surface area contributed by atoms with Crippen molar-refractivity contribution >= 4 is 15.9 Å². The number of aryl methyl sites for hydroxylation is 2. The summed E-state index contributed by atoms with van der Waals surface area (Å²) in [5, 5.41) is 0. The van der Waals surface area contributed by atoms with E-state index in [-0.39, 0.29) is 5.56 Å². The van der Waals surface area contributed by atoms with Crippen molar-refractivity contribution in [2.75, 3.05) is 20.6 Å². The minimum absolute atomic E-state index is 0.108. The maximum Gasteiger partial charge on any atom is 0.253 e. The summed E-state index contributed by atoms with van der Waals surface area (Å²) in [4.78, 5) is 13.8. The number of aromatic nitrogens is 1. The van der Waals surface area contributed by atoms with Crippen LogP contribution in [0.1, 0.15) is 12.0 Å². The summed E-state index contributed by atoms with van der Waals surface area (Å²) in [5.41, 5.74) is 0.895. The fourth-order valence-electron chi connectivity index (χ4n) is 1.46. The molecule has 0 fully saturated rings. The molecule has 0 aliphatic rings. The molecule has 3 nitrogen and oxygen atoms in total. The molecule has 0 N–H and O–H groups in total. The van der Waals surface area contributed by atoms with Gasteiger partial charge in [0, 0.05) is 22.8 Å². The highest BCUT2D eigenvalue weighted by molar-refractivity contribution is 9.10. The molecule has 1 aromatic rings.